The average Bonchev–Trinajstić information content (AvgIpc) is 2.48. The predicted octanol–water partition coefficient (Wildman–Crippen LogP) is 3.90. The fourth-order valence-corrected chi connectivity index (χ4v) is 2.46. The molecule has 0 bridgehead atoms. The molecule has 0 spiro atoms. The van der Waals surface area contributed by atoms with Gasteiger partial charge < -0.3 is 10.6 Å². The van der Waals surface area contributed by atoms with Crippen molar-refractivity contribution in [1.82, 2.24) is 0 Å². The lowest BCUT2D eigenvalue weighted by Gasteiger charge is -2.11. The van der Waals surface area contributed by atoms with Crippen molar-refractivity contribution in [3.8, 4) is 0 Å². The molecule has 0 unspecified atom stereocenters. The highest BCUT2D eigenvalue weighted by molar-refractivity contribution is 14.1. The highest BCUT2D eigenvalue weighted by Crippen LogP contribution is 2.17. The van der Waals surface area contributed by atoms with Crippen molar-refractivity contribution in [2.45, 2.75) is 13.3 Å². The summed E-state index contributed by atoms with van der Waals surface area (Å²) in [7, 11) is 0. The van der Waals surface area contributed by atoms with Crippen LogP contribution in [0.25, 0.3) is 0 Å². The first-order valence-electron chi connectivity index (χ1n) is 6.57. The van der Waals surface area contributed by atoms with Crippen LogP contribution in [-0.4, -0.2) is 12.5 Å². The summed E-state index contributed by atoms with van der Waals surface area (Å²) in [5, 5.41) is 6.10. The van der Waals surface area contributed by atoms with Gasteiger partial charge in [0.25, 0.3) is 0 Å². The highest BCUT2D eigenvalue weighted by Gasteiger charge is 2.06. The number of hydrogen-bond acceptors (Lipinski definition) is 2. The molecule has 0 aliphatic heterocycles. The largest absolute Gasteiger partial charge is 0.376 e. The summed E-state index contributed by atoms with van der Waals surface area (Å²) >= 11 is 2.21. The number of hydrogen-bond donors (Lipinski definition) is 2. The molecule has 104 valence electrons. The number of nitrogens with one attached hydrogen (secondary N) is 2. The Bertz CT molecular complexity index is 599. The van der Waals surface area contributed by atoms with Crippen LogP contribution < -0.4 is 10.6 Å². The van der Waals surface area contributed by atoms with E-state index in [0.717, 1.165) is 21.4 Å². The molecule has 0 radical (unpaired) electrons. The van der Waals surface area contributed by atoms with Crippen molar-refractivity contribution in [2.24, 2.45) is 0 Å². The van der Waals surface area contributed by atoms with Crippen molar-refractivity contribution in [3.63, 3.8) is 0 Å². The van der Waals surface area contributed by atoms with Crippen LogP contribution in [0, 0.1) is 3.57 Å². The smallest absolute Gasteiger partial charge is 0.243 e. The first-order valence-corrected chi connectivity index (χ1v) is 7.64. The first kappa shape index (κ1) is 14.8. The standard InChI is InChI=1S/C16H17IN2O/c1-2-12-7-3-5-9-14(12)18-11-16(20)19-15-10-6-4-8-13(15)17/h3-10,18H,2,11H2,1H3,(H,19,20). The summed E-state index contributed by atoms with van der Waals surface area (Å²) in [6.45, 7) is 2.37. The third-order valence-electron chi connectivity index (χ3n) is 2.99. The molecule has 0 aliphatic carbocycles. The summed E-state index contributed by atoms with van der Waals surface area (Å²) in [4.78, 5) is 12.0. The molecule has 20 heavy (non-hydrogen) atoms. The van der Waals surface area contributed by atoms with E-state index in [-0.39, 0.29) is 12.5 Å². The van der Waals surface area contributed by atoms with E-state index in [1.165, 1.54) is 5.56 Å². The van der Waals surface area contributed by atoms with Gasteiger partial charge >= 0.3 is 0 Å². The Labute approximate surface area is 132 Å². The second-order valence-electron chi connectivity index (χ2n) is 4.39. The van der Waals surface area contributed by atoms with Gasteiger partial charge in [0.05, 0.1) is 12.2 Å². The molecule has 2 N–H and O–H groups in total. The number of rotatable bonds is 5. The van der Waals surface area contributed by atoms with Crippen LogP contribution in [0.4, 0.5) is 11.4 Å². The molecule has 0 heterocycles. The van der Waals surface area contributed by atoms with Crippen molar-refractivity contribution < 1.29 is 4.79 Å². The lowest BCUT2D eigenvalue weighted by molar-refractivity contribution is -0.114. The van der Waals surface area contributed by atoms with Crippen LogP contribution in [0.2, 0.25) is 0 Å². The van der Waals surface area contributed by atoms with Gasteiger partial charge in [0.15, 0.2) is 0 Å². The van der Waals surface area contributed by atoms with Crippen molar-refractivity contribution in [2.75, 3.05) is 17.2 Å². The minimum absolute atomic E-state index is 0.0416. The SMILES string of the molecule is CCc1ccccc1NCC(=O)Nc1ccccc1I. The zero-order valence-electron chi connectivity index (χ0n) is 11.3. The van der Waals surface area contributed by atoms with E-state index >= 15 is 0 Å². The Morgan fingerprint density at radius 1 is 1.05 bits per heavy atom. The molecule has 0 aromatic heterocycles. The highest BCUT2D eigenvalue weighted by atomic mass is 127. The minimum atomic E-state index is -0.0416. The molecule has 0 saturated carbocycles. The number of amides is 1. The van der Waals surface area contributed by atoms with Crippen LogP contribution in [0.5, 0.6) is 0 Å². The summed E-state index contributed by atoms with van der Waals surface area (Å²) < 4.78 is 1.03. The average molecular weight is 380 g/mol. The molecule has 3 nitrogen and oxygen atoms in total. The van der Waals surface area contributed by atoms with Gasteiger partial charge in [-0.1, -0.05) is 37.3 Å². The molecule has 2 aromatic rings. The van der Waals surface area contributed by atoms with E-state index in [0.29, 0.717) is 0 Å². The molecule has 1 amide bonds. The minimum Gasteiger partial charge on any atom is -0.376 e. The number of benzene rings is 2. The van der Waals surface area contributed by atoms with Crippen LogP contribution >= 0.6 is 22.6 Å². The molecule has 4 heteroatoms. The zero-order chi connectivity index (χ0) is 14.4. The van der Waals surface area contributed by atoms with Crippen molar-refractivity contribution in [3.05, 3.63) is 57.7 Å². The van der Waals surface area contributed by atoms with Gasteiger partial charge in [0.1, 0.15) is 0 Å². The monoisotopic (exact) mass is 380 g/mol. The second-order valence-corrected chi connectivity index (χ2v) is 5.55. The molecular weight excluding hydrogens is 363 g/mol. The summed E-state index contributed by atoms with van der Waals surface area (Å²) in [5.74, 6) is -0.0416. The Balaban J connectivity index is 1.94. The summed E-state index contributed by atoms with van der Waals surface area (Å²) in [6.07, 6.45) is 0.946. The van der Waals surface area contributed by atoms with E-state index in [4.69, 9.17) is 0 Å². The van der Waals surface area contributed by atoms with Gasteiger partial charge in [-0.15, -0.1) is 0 Å². The van der Waals surface area contributed by atoms with E-state index in [2.05, 4.69) is 46.2 Å². The van der Waals surface area contributed by atoms with E-state index < -0.39 is 0 Å². The molecule has 0 aliphatic rings. The molecule has 0 atom stereocenters. The van der Waals surface area contributed by atoms with Crippen molar-refractivity contribution >= 4 is 39.9 Å². The summed E-state index contributed by atoms with van der Waals surface area (Å²) in [5.41, 5.74) is 3.09. The number of para-hydroxylation sites is 2. The predicted molar refractivity (Wildman–Crippen MR) is 92.1 cm³/mol. The number of aryl methyl sites for hydroxylation is 1. The molecule has 2 aromatic carbocycles. The number of carbonyl (C=O) groups is 1. The van der Waals surface area contributed by atoms with E-state index in [9.17, 15) is 4.79 Å². The van der Waals surface area contributed by atoms with Gasteiger partial charge in [-0.2, -0.15) is 0 Å². The van der Waals surface area contributed by atoms with Gasteiger partial charge in [0.2, 0.25) is 5.91 Å². The lowest BCUT2D eigenvalue weighted by Crippen LogP contribution is -2.22. The lowest BCUT2D eigenvalue weighted by atomic mass is 10.1. The van der Waals surface area contributed by atoms with Gasteiger partial charge in [-0.05, 0) is 52.8 Å². The zero-order valence-corrected chi connectivity index (χ0v) is 13.5. The Morgan fingerprint density at radius 2 is 1.70 bits per heavy atom. The van der Waals surface area contributed by atoms with Gasteiger partial charge in [0, 0.05) is 9.26 Å². The number of carbonyl (C=O) groups excluding carboxylic acids is 1. The van der Waals surface area contributed by atoms with Crippen LogP contribution in [0.3, 0.4) is 0 Å². The normalized spacial score (nSPS) is 10.1. The maximum absolute atomic E-state index is 12.0. The van der Waals surface area contributed by atoms with Crippen LogP contribution in [0.15, 0.2) is 48.5 Å². The molecular formula is C16H17IN2O. The van der Waals surface area contributed by atoms with Gasteiger partial charge in [-0.3, -0.25) is 4.79 Å². The Kier molecular flexibility index (Phi) is 5.40. The quantitative estimate of drug-likeness (QED) is 0.773. The van der Waals surface area contributed by atoms with Crippen LogP contribution in [0.1, 0.15) is 12.5 Å². The molecule has 2 rings (SSSR count). The third-order valence-corrected chi connectivity index (χ3v) is 3.93. The molecule has 0 fully saturated rings. The summed E-state index contributed by atoms with van der Waals surface area (Å²) in [6, 6.07) is 15.8. The molecule has 0 saturated heterocycles. The topological polar surface area (TPSA) is 41.1 Å². The maximum atomic E-state index is 12.0. The number of anilines is 2. The van der Waals surface area contributed by atoms with Gasteiger partial charge in [-0.25, -0.2) is 0 Å². The number of halogens is 1. The second kappa shape index (κ2) is 7.28. The van der Waals surface area contributed by atoms with E-state index in [1.807, 2.05) is 42.5 Å². The van der Waals surface area contributed by atoms with Crippen LogP contribution in [-0.2, 0) is 11.2 Å². The van der Waals surface area contributed by atoms with E-state index in [1.54, 1.807) is 0 Å². The first-order chi connectivity index (χ1) is 9.70. The van der Waals surface area contributed by atoms with Crippen molar-refractivity contribution in [1.29, 1.82) is 0 Å². The third kappa shape index (κ3) is 3.96. The Hall–Kier alpha value is -1.56. The fourth-order valence-electron chi connectivity index (χ4n) is 1.93. The Morgan fingerprint density at radius 3 is 2.40 bits per heavy atom. The maximum Gasteiger partial charge on any atom is 0.243 e. The fraction of sp³-hybridized carbons (Fsp3) is 0.188.